The standard InChI is InChI=1S/C27H31FN2O4S/c1-2-35-27-24(21-9-6-10-22(31)25(21)28)26(20-7-4-3-5-8-20)29-30(27)15-18-11-13-19(14-12-18)16-34-17-23(32)33/h3-10,18-19,31H,2,11-17H2,1H3,(H,32,33). The fourth-order valence-electron chi connectivity index (χ4n) is 4.75. The highest BCUT2D eigenvalue weighted by molar-refractivity contribution is 7.99. The van der Waals surface area contributed by atoms with Gasteiger partial charge in [0.1, 0.15) is 17.3 Å². The molecule has 0 bridgehead atoms. The number of thioether (sulfide) groups is 1. The third-order valence-electron chi connectivity index (χ3n) is 6.46. The summed E-state index contributed by atoms with van der Waals surface area (Å²) in [6.07, 6.45) is 3.99. The first-order valence-corrected chi connectivity index (χ1v) is 13.0. The maximum Gasteiger partial charge on any atom is 0.329 e. The minimum atomic E-state index is -0.938. The molecule has 0 unspecified atom stereocenters. The molecule has 3 aromatic rings. The number of aliphatic carboxylic acids is 1. The lowest BCUT2D eigenvalue weighted by molar-refractivity contribution is -0.142. The normalized spacial score (nSPS) is 18.0. The molecule has 0 amide bonds. The van der Waals surface area contributed by atoms with E-state index in [0.717, 1.165) is 48.6 Å². The molecule has 0 radical (unpaired) electrons. The van der Waals surface area contributed by atoms with E-state index in [-0.39, 0.29) is 12.4 Å². The van der Waals surface area contributed by atoms with Crippen molar-refractivity contribution < 1.29 is 24.1 Å². The largest absolute Gasteiger partial charge is 0.505 e. The van der Waals surface area contributed by atoms with Crippen LogP contribution in [0.2, 0.25) is 0 Å². The minimum Gasteiger partial charge on any atom is -0.505 e. The zero-order valence-corrected chi connectivity index (χ0v) is 20.6. The second kappa shape index (κ2) is 11.7. The molecular formula is C27H31FN2O4S. The van der Waals surface area contributed by atoms with Crippen LogP contribution in [0.3, 0.4) is 0 Å². The first-order chi connectivity index (χ1) is 17.0. The summed E-state index contributed by atoms with van der Waals surface area (Å²) in [5.74, 6) is -0.335. The molecule has 1 fully saturated rings. The van der Waals surface area contributed by atoms with Crippen LogP contribution in [-0.4, -0.2) is 44.9 Å². The fraction of sp³-hybridized carbons (Fsp3) is 0.407. The highest BCUT2D eigenvalue weighted by atomic mass is 32.2. The van der Waals surface area contributed by atoms with Gasteiger partial charge in [-0.1, -0.05) is 49.4 Å². The Balaban J connectivity index is 1.62. The lowest BCUT2D eigenvalue weighted by Crippen LogP contribution is -2.23. The summed E-state index contributed by atoms with van der Waals surface area (Å²) in [7, 11) is 0. The van der Waals surface area contributed by atoms with Crippen molar-refractivity contribution in [3.8, 4) is 28.1 Å². The summed E-state index contributed by atoms with van der Waals surface area (Å²) < 4.78 is 22.4. The molecule has 1 saturated carbocycles. The van der Waals surface area contributed by atoms with Crippen molar-refractivity contribution >= 4 is 17.7 Å². The van der Waals surface area contributed by atoms with Crippen molar-refractivity contribution in [3.05, 3.63) is 54.3 Å². The maximum atomic E-state index is 15.1. The van der Waals surface area contributed by atoms with Crippen LogP contribution in [0.25, 0.3) is 22.4 Å². The number of halogens is 1. The van der Waals surface area contributed by atoms with Crippen molar-refractivity contribution in [3.63, 3.8) is 0 Å². The second-order valence-electron chi connectivity index (χ2n) is 8.94. The van der Waals surface area contributed by atoms with Gasteiger partial charge in [0.25, 0.3) is 0 Å². The van der Waals surface area contributed by atoms with Crippen molar-refractivity contribution in [2.45, 2.75) is 44.2 Å². The van der Waals surface area contributed by atoms with Crippen LogP contribution in [0, 0.1) is 17.7 Å². The number of phenolic OH excluding ortho intramolecular Hbond substituents is 1. The van der Waals surface area contributed by atoms with Gasteiger partial charge in [-0.3, -0.25) is 4.68 Å². The molecule has 1 aliphatic carbocycles. The summed E-state index contributed by atoms with van der Waals surface area (Å²) in [6, 6.07) is 14.5. The van der Waals surface area contributed by atoms with Crippen LogP contribution in [-0.2, 0) is 16.1 Å². The predicted molar refractivity (Wildman–Crippen MR) is 135 cm³/mol. The average molecular weight is 499 g/mol. The molecule has 2 N–H and O–H groups in total. The molecule has 4 rings (SSSR count). The number of ether oxygens (including phenoxy) is 1. The maximum absolute atomic E-state index is 15.1. The summed E-state index contributed by atoms with van der Waals surface area (Å²) >= 11 is 1.63. The first-order valence-electron chi connectivity index (χ1n) is 12.0. The second-order valence-corrected chi connectivity index (χ2v) is 10.2. The van der Waals surface area contributed by atoms with Gasteiger partial charge in [-0.25, -0.2) is 9.18 Å². The number of carboxylic acid groups (broad SMARTS) is 1. The number of hydrogen-bond donors (Lipinski definition) is 2. The Labute approximate surface area is 209 Å². The molecule has 35 heavy (non-hydrogen) atoms. The molecular weight excluding hydrogens is 467 g/mol. The number of rotatable bonds is 10. The number of nitrogens with zero attached hydrogens (tertiary/aromatic N) is 2. The molecule has 0 atom stereocenters. The molecule has 0 spiro atoms. The summed E-state index contributed by atoms with van der Waals surface area (Å²) in [4.78, 5) is 10.7. The molecule has 186 valence electrons. The van der Waals surface area contributed by atoms with Crippen molar-refractivity contribution in [1.29, 1.82) is 0 Å². The fourth-order valence-corrected chi connectivity index (χ4v) is 5.63. The van der Waals surface area contributed by atoms with Gasteiger partial charge in [0.2, 0.25) is 0 Å². The number of phenols is 1. The number of carbonyl (C=O) groups is 1. The van der Waals surface area contributed by atoms with Gasteiger partial charge in [0.15, 0.2) is 11.6 Å². The molecule has 0 aliphatic heterocycles. The van der Waals surface area contributed by atoms with Crippen molar-refractivity contribution in [2.75, 3.05) is 19.0 Å². The molecule has 2 aromatic carbocycles. The summed E-state index contributed by atoms with van der Waals surface area (Å²) in [6.45, 7) is 3.03. The van der Waals surface area contributed by atoms with E-state index < -0.39 is 11.8 Å². The van der Waals surface area contributed by atoms with Gasteiger partial charge >= 0.3 is 5.97 Å². The van der Waals surface area contributed by atoms with E-state index in [1.54, 1.807) is 23.9 Å². The molecule has 1 heterocycles. The smallest absolute Gasteiger partial charge is 0.329 e. The molecule has 0 saturated heterocycles. The van der Waals surface area contributed by atoms with E-state index in [1.165, 1.54) is 6.07 Å². The first kappa shape index (κ1) is 25.3. The highest BCUT2D eigenvalue weighted by Gasteiger charge is 2.27. The Kier molecular flexibility index (Phi) is 8.46. The van der Waals surface area contributed by atoms with Gasteiger partial charge in [0, 0.05) is 23.2 Å². The number of hydrogen-bond acceptors (Lipinski definition) is 5. The Morgan fingerprint density at radius 1 is 1.11 bits per heavy atom. The number of aromatic nitrogens is 2. The number of carboxylic acids is 1. The Hall–Kier alpha value is -2.84. The number of aromatic hydroxyl groups is 1. The van der Waals surface area contributed by atoms with Crippen LogP contribution in [0.4, 0.5) is 4.39 Å². The molecule has 1 aliphatic rings. The molecule has 1 aromatic heterocycles. The monoisotopic (exact) mass is 498 g/mol. The Morgan fingerprint density at radius 3 is 2.51 bits per heavy atom. The van der Waals surface area contributed by atoms with Gasteiger partial charge in [-0.15, -0.1) is 11.8 Å². The summed E-state index contributed by atoms with van der Waals surface area (Å²) in [5.41, 5.74) is 2.68. The van der Waals surface area contributed by atoms with Gasteiger partial charge in [-0.05, 0) is 49.3 Å². The van der Waals surface area contributed by atoms with Gasteiger partial charge < -0.3 is 14.9 Å². The van der Waals surface area contributed by atoms with Gasteiger partial charge in [-0.2, -0.15) is 5.10 Å². The third kappa shape index (κ3) is 6.05. The Bertz CT molecular complexity index is 1140. The van der Waals surface area contributed by atoms with Crippen LogP contribution in [0.15, 0.2) is 53.6 Å². The van der Waals surface area contributed by atoms with Crippen LogP contribution in [0.5, 0.6) is 5.75 Å². The lowest BCUT2D eigenvalue weighted by atomic mass is 9.82. The Morgan fingerprint density at radius 2 is 1.83 bits per heavy atom. The predicted octanol–water partition coefficient (Wildman–Crippen LogP) is 6.08. The van der Waals surface area contributed by atoms with E-state index in [1.807, 2.05) is 35.0 Å². The topological polar surface area (TPSA) is 84.6 Å². The van der Waals surface area contributed by atoms with Crippen molar-refractivity contribution in [1.82, 2.24) is 9.78 Å². The quantitative estimate of drug-likeness (QED) is 0.330. The van der Waals surface area contributed by atoms with E-state index in [9.17, 15) is 9.90 Å². The van der Waals surface area contributed by atoms with Crippen LogP contribution in [0.1, 0.15) is 32.6 Å². The minimum absolute atomic E-state index is 0.249. The zero-order valence-electron chi connectivity index (χ0n) is 19.8. The van der Waals surface area contributed by atoms with Crippen LogP contribution < -0.4 is 0 Å². The highest BCUT2D eigenvalue weighted by Crippen LogP contribution is 2.43. The van der Waals surface area contributed by atoms with Gasteiger partial charge in [0.05, 0.1) is 6.61 Å². The molecule has 6 nitrogen and oxygen atoms in total. The lowest BCUT2D eigenvalue weighted by Gasteiger charge is -2.28. The summed E-state index contributed by atoms with van der Waals surface area (Å²) in [5, 5.41) is 24.7. The van der Waals surface area contributed by atoms with E-state index in [2.05, 4.69) is 6.92 Å². The third-order valence-corrected chi connectivity index (χ3v) is 7.44. The van der Waals surface area contributed by atoms with E-state index >= 15 is 4.39 Å². The molecule has 8 heteroatoms. The average Bonchev–Trinajstić information content (AvgIpc) is 3.20. The SMILES string of the molecule is CCSc1c(-c2cccc(O)c2F)c(-c2ccccc2)nn1CC1CCC(COCC(=O)O)CC1. The zero-order chi connectivity index (χ0) is 24.8. The van der Waals surface area contributed by atoms with E-state index in [0.29, 0.717) is 35.3 Å². The number of benzene rings is 2. The van der Waals surface area contributed by atoms with E-state index in [4.69, 9.17) is 14.9 Å². The van der Waals surface area contributed by atoms with Crippen LogP contribution >= 0.6 is 11.8 Å². The van der Waals surface area contributed by atoms with Crippen molar-refractivity contribution in [2.24, 2.45) is 11.8 Å².